The van der Waals surface area contributed by atoms with Crippen LogP contribution in [0.1, 0.15) is 18.0 Å². The van der Waals surface area contributed by atoms with E-state index in [1.165, 1.54) is 5.56 Å². The summed E-state index contributed by atoms with van der Waals surface area (Å²) in [6.07, 6.45) is 4.79. The predicted molar refractivity (Wildman–Crippen MR) is 55.6 cm³/mol. The SMILES string of the molecule is CNCC1CC(c2ccncc2)NN1. The third-order valence-electron chi connectivity index (χ3n) is 2.54. The molecule has 4 heteroatoms. The second-order valence-electron chi connectivity index (χ2n) is 3.61. The Bertz CT molecular complexity index is 275. The van der Waals surface area contributed by atoms with Gasteiger partial charge in [-0.15, -0.1) is 0 Å². The minimum absolute atomic E-state index is 0.413. The highest BCUT2D eigenvalue weighted by atomic mass is 15.4. The van der Waals surface area contributed by atoms with Crippen molar-refractivity contribution in [1.29, 1.82) is 0 Å². The third kappa shape index (κ3) is 2.09. The van der Waals surface area contributed by atoms with Crippen LogP contribution < -0.4 is 16.2 Å². The summed E-state index contributed by atoms with van der Waals surface area (Å²) in [7, 11) is 1.97. The van der Waals surface area contributed by atoms with E-state index in [1.807, 2.05) is 19.4 Å². The van der Waals surface area contributed by atoms with E-state index < -0.39 is 0 Å². The van der Waals surface area contributed by atoms with Gasteiger partial charge in [0, 0.05) is 31.0 Å². The van der Waals surface area contributed by atoms with Gasteiger partial charge in [0.1, 0.15) is 0 Å². The molecular formula is C10H16N4. The molecule has 1 saturated heterocycles. The summed E-state index contributed by atoms with van der Waals surface area (Å²) in [6, 6.07) is 5.04. The van der Waals surface area contributed by atoms with Crippen molar-refractivity contribution in [1.82, 2.24) is 21.2 Å². The number of aromatic nitrogens is 1. The van der Waals surface area contributed by atoms with Crippen LogP contribution in [0.25, 0.3) is 0 Å². The molecule has 76 valence electrons. The van der Waals surface area contributed by atoms with Crippen LogP contribution in [0, 0.1) is 0 Å². The van der Waals surface area contributed by atoms with Gasteiger partial charge < -0.3 is 5.32 Å². The van der Waals surface area contributed by atoms with Crippen molar-refractivity contribution >= 4 is 0 Å². The van der Waals surface area contributed by atoms with Gasteiger partial charge in [-0.3, -0.25) is 10.4 Å². The summed E-state index contributed by atoms with van der Waals surface area (Å²) >= 11 is 0. The van der Waals surface area contributed by atoms with Gasteiger partial charge in [0.25, 0.3) is 0 Å². The van der Waals surface area contributed by atoms with Crippen LogP contribution >= 0.6 is 0 Å². The Labute approximate surface area is 84.1 Å². The number of likely N-dealkylation sites (N-methyl/N-ethyl adjacent to an activating group) is 1. The molecule has 2 unspecified atom stereocenters. The van der Waals surface area contributed by atoms with Crippen molar-refractivity contribution in [2.75, 3.05) is 13.6 Å². The van der Waals surface area contributed by atoms with Gasteiger partial charge in [-0.05, 0) is 31.2 Å². The van der Waals surface area contributed by atoms with Crippen molar-refractivity contribution in [2.24, 2.45) is 0 Å². The van der Waals surface area contributed by atoms with Crippen LogP contribution in [0.2, 0.25) is 0 Å². The van der Waals surface area contributed by atoms with Gasteiger partial charge in [0.2, 0.25) is 0 Å². The van der Waals surface area contributed by atoms with Gasteiger partial charge in [-0.25, -0.2) is 5.43 Å². The summed E-state index contributed by atoms with van der Waals surface area (Å²) in [5.74, 6) is 0. The lowest BCUT2D eigenvalue weighted by molar-refractivity contribution is 0.524. The summed E-state index contributed by atoms with van der Waals surface area (Å²) in [4.78, 5) is 4.01. The largest absolute Gasteiger partial charge is 0.318 e. The van der Waals surface area contributed by atoms with E-state index >= 15 is 0 Å². The summed E-state index contributed by atoms with van der Waals surface area (Å²) in [5, 5.41) is 3.17. The van der Waals surface area contributed by atoms with E-state index in [2.05, 4.69) is 33.3 Å². The first-order valence-electron chi connectivity index (χ1n) is 4.95. The first-order chi connectivity index (χ1) is 6.90. The zero-order valence-corrected chi connectivity index (χ0v) is 8.33. The van der Waals surface area contributed by atoms with Crippen LogP contribution in [-0.2, 0) is 0 Å². The smallest absolute Gasteiger partial charge is 0.0479 e. The number of hydrazine groups is 1. The Balaban J connectivity index is 1.96. The second kappa shape index (κ2) is 4.50. The lowest BCUT2D eigenvalue weighted by Gasteiger charge is -2.08. The van der Waals surface area contributed by atoms with Crippen molar-refractivity contribution in [2.45, 2.75) is 18.5 Å². The first-order valence-corrected chi connectivity index (χ1v) is 4.95. The third-order valence-corrected chi connectivity index (χ3v) is 2.54. The van der Waals surface area contributed by atoms with Gasteiger partial charge in [-0.1, -0.05) is 0 Å². The molecule has 14 heavy (non-hydrogen) atoms. The molecule has 1 fully saturated rings. The summed E-state index contributed by atoms with van der Waals surface area (Å²) in [5.41, 5.74) is 7.86. The Morgan fingerprint density at radius 3 is 2.93 bits per heavy atom. The molecule has 0 radical (unpaired) electrons. The molecule has 2 heterocycles. The molecule has 0 amide bonds. The molecule has 1 aliphatic heterocycles. The molecular weight excluding hydrogens is 176 g/mol. The maximum absolute atomic E-state index is 4.01. The minimum Gasteiger partial charge on any atom is -0.318 e. The van der Waals surface area contributed by atoms with Crippen LogP contribution in [0.15, 0.2) is 24.5 Å². The molecule has 0 spiro atoms. The van der Waals surface area contributed by atoms with E-state index in [9.17, 15) is 0 Å². The standard InChI is InChI=1S/C10H16N4/c1-11-7-9-6-10(14-13-9)8-2-4-12-5-3-8/h2-5,9-11,13-14H,6-7H2,1H3. The van der Waals surface area contributed by atoms with Crippen molar-refractivity contribution < 1.29 is 0 Å². The number of nitrogens with one attached hydrogen (secondary N) is 3. The molecule has 1 aliphatic rings. The predicted octanol–water partition coefficient (Wildman–Crippen LogP) is 0.209. The van der Waals surface area contributed by atoms with Gasteiger partial charge in [0.15, 0.2) is 0 Å². The average molecular weight is 192 g/mol. The van der Waals surface area contributed by atoms with Crippen molar-refractivity contribution in [3.8, 4) is 0 Å². The fourth-order valence-electron chi connectivity index (χ4n) is 1.82. The minimum atomic E-state index is 0.413. The van der Waals surface area contributed by atoms with Gasteiger partial charge in [0.05, 0.1) is 0 Å². The summed E-state index contributed by atoms with van der Waals surface area (Å²) < 4.78 is 0. The van der Waals surface area contributed by atoms with E-state index in [0.29, 0.717) is 12.1 Å². The van der Waals surface area contributed by atoms with Crippen LogP contribution in [-0.4, -0.2) is 24.6 Å². The maximum atomic E-state index is 4.01. The fourth-order valence-corrected chi connectivity index (χ4v) is 1.82. The van der Waals surface area contributed by atoms with E-state index in [-0.39, 0.29) is 0 Å². The molecule has 0 saturated carbocycles. The Morgan fingerprint density at radius 1 is 1.43 bits per heavy atom. The molecule has 1 aromatic rings. The molecule has 3 N–H and O–H groups in total. The maximum Gasteiger partial charge on any atom is 0.0479 e. The topological polar surface area (TPSA) is 49.0 Å². The average Bonchev–Trinajstić information content (AvgIpc) is 2.68. The molecule has 4 nitrogen and oxygen atoms in total. The number of pyridine rings is 1. The lowest BCUT2D eigenvalue weighted by atomic mass is 10.0. The monoisotopic (exact) mass is 192 g/mol. The van der Waals surface area contributed by atoms with Crippen LogP contribution in [0.3, 0.4) is 0 Å². The zero-order chi connectivity index (χ0) is 9.80. The molecule has 1 aromatic heterocycles. The highest BCUT2D eigenvalue weighted by molar-refractivity contribution is 5.16. The highest BCUT2D eigenvalue weighted by Gasteiger charge is 2.23. The fraction of sp³-hybridized carbons (Fsp3) is 0.500. The normalized spacial score (nSPS) is 26.6. The van der Waals surface area contributed by atoms with E-state index in [4.69, 9.17) is 0 Å². The molecule has 0 aliphatic carbocycles. The molecule has 0 bridgehead atoms. The number of nitrogens with zero attached hydrogens (tertiary/aromatic N) is 1. The Hall–Kier alpha value is -0.970. The molecule has 2 rings (SSSR count). The second-order valence-corrected chi connectivity index (χ2v) is 3.61. The van der Waals surface area contributed by atoms with E-state index in [0.717, 1.165) is 13.0 Å². The van der Waals surface area contributed by atoms with Crippen LogP contribution in [0.4, 0.5) is 0 Å². The first kappa shape index (κ1) is 9.58. The van der Waals surface area contributed by atoms with Gasteiger partial charge >= 0.3 is 0 Å². The Morgan fingerprint density at radius 2 is 2.21 bits per heavy atom. The number of hydrogen-bond acceptors (Lipinski definition) is 4. The highest BCUT2D eigenvalue weighted by Crippen LogP contribution is 2.20. The quantitative estimate of drug-likeness (QED) is 0.640. The Kier molecular flexibility index (Phi) is 3.08. The number of rotatable bonds is 3. The molecule has 0 aromatic carbocycles. The van der Waals surface area contributed by atoms with Crippen LogP contribution in [0.5, 0.6) is 0 Å². The summed E-state index contributed by atoms with van der Waals surface area (Å²) in [6.45, 7) is 0.995. The van der Waals surface area contributed by atoms with E-state index in [1.54, 1.807) is 0 Å². The lowest BCUT2D eigenvalue weighted by Crippen LogP contribution is -2.36. The number of hydrogen-bond donors (Lipinski definition) is 3. The van der Waals surface area contributed by atoms with Gasteiger partial charge in [-0.2, -0.15) is 0 Å². The van der Waals surface area contributed by atoms with Crippen molar-refractivity contribution in [3.63, 3.8) is 0 Å². The molecule has 2 atom stereocenters. The zero-order valence-electron chi connectivity index (χ0n) is 8.33. The van der Waals surface area contributed by atoms with Crippen molar-refractivity contribution in [3.05, 3.63) is 30.1 Å².